The molecule has 1 atom stereocenters. The van der Waals surface area contributed by atoms with Gasteiger partial charge in [-0.1, -0.05) is 0 Å². The van der Waals surface area contributed by atoms with Crippen LogP contribution in [0, 0.1) is 11.8 Å². The molecule has 2 aliphatic heterocycles. The van der Waals surface area contributed by atoms with E-state index in [1.807, 2.05) is 0 Å². The molecule has 2 aliphatic rings. The molecule has 0 spiro atoms. The average Bonchev–Trinajstić information content (AvgIpc) is 2.83. The van der Waals surface area contributed by atoms with E-state index in [1.54, 1.807) is 0 Å². The highest BCUT2D eigenvalue weighted by molar-refractivity contribution is 7.91. The zero-order valence-electron chi connectivity index (χ0n) is 11.5. The van der Waals surface area contributed by atoms with E-state index in [-0.39, 0.29) is 6.61 Å². The molecule has 0 saturated carbocycles. The van der Waals surface area contributed by atoms with Crippen LogP contribution in [-0.4, -0.2) is 46.4 Å². The molecule has 1 N–H and O–H groups in total. The van der Waals surface area contributed by atoms with E-state index in [2.05, 4.69) is 14.8 Å². The predicted molar refractivity (Wildman–Crippen MR) is 74.0 cm³/mol. The fourth-order valence-electron chi connectivity index (χ4n) is 3.16. The number of fused-ring (bicyclic) bond motifs is 1. The quantitative estimate of drug-likeness (QED) is 0.862. The molecule has 0 amide bonds. The fourth-order valence-corrected chi connectivity index (χ4v) is 4.75. The second kappa shape index (κ2) is 5.44. The summed E-state index contributed by atoms with van der Waals surface area (Å²) in [4.78, 5) is 0. The number of rotatable bonds is 3. The molecule has 0 bridgehead atoms. The molecule has 1 fully saturated rings. The van der Waals surface area contributed by atoms with Crippen molar-refractivity contribution in [1.82, 2.24) is 14.8 Å². The minimum atomic E-state index is -2.79. The molecule has 0 aliphatic carbocycles. The van der Waals surface area contributed by atoms with Gasteiger partial charge in [0.2, 0.25) is 0 Å². The first-order chi connectivity index (χ1) is 9.57. The zero-order chi connectivity index (χ0) is 14.2. The Morgan fingerprint density at radius 2 is 1.90 bits per heavy atom. The number of hydrogen-bond acceptors (Lipinski definition) is 5. The van der Waals surface area contributed by atoms with E-state index in [1.165, 1.54) is 0 Å². The Labute approximate surface area is 119 Å². The number of nitrogens with zero attached hydrogens (tertiary/aromatic N) is 3. The van der Waals surface area contributed by atoms with Gasteiger partial charge in [-0.15, -0.1) is 10.2 Å². The molecule has 20 heavy (non-hydrogen) atoms. The Morgan fingerprint density at radius 1 is 1.15 bits per heavy atom. The van der Waals surface area contributed by atoms with Crippen molar-refractivity contribution >= 4 is 9.84 Å². The fraction of sp³-hybridized carbons (Fsp3) is 0.846. The first-order valence-electron chi connectivity index (χ1n) is 7.29. The average molecular weight is 299 g/mol. The van der Waals surface area contributed by atoms with Crippen molar-refractivity contribution in [2.75, 3.05) is 18.1 Å². The van der Waals surface area contributed by atoms with Crippen LogP contribution in [0.5, 0.6) is 0 Å². The first-order valence-corrected chi connectivity index (χ1v) is 9.12. The SMILES string of the molecule is O=S1(=O)CCC(Cc2nnc3n2CCC(CO)C3)CC1. The Bertz CT molecular complexity index is 568. The molecule has 3 heterocycles. The van der Waals surface area contributed by atoms with Crippen molar-refractivity contribution in [3.63, 3.8) is 0 Å². The molecule has 112 valence electrons. The zero-order valence-corrected chi connectivity index (χ0v) is 12.3. The van der Waals surface area contributed by atoms with Crippen molar-refractivity contribution < 1.29 is 13.5 Å². The van der Waals surface area contributed by atoms with Crippen LogP contribution >= 0.6 is 0 Å². The molecule has 1 saturated heterocycles. The van der Waals surface area contributed by atoms with Crippen LogP contribution in [0.2, 0.25) is 0 Å². The van der Waals surface area contributed by atoms with Crippen molar-refractivity contribution in [3.8, 4) is 0 Å². The maximum Gasteiger partial charge on any atom is 0.150 e. The molecule has 0 aromatic carbocycles. The highest BCUT2D eigenvalue weighted by Crippen LogP contribution is 2.25. The van der Waals surface area contributed by atoms with Crippen LogP contribution in [0.1, 0.15) is 30.9 Å². The molecule has 3 rings (SSSR count). The molecule has 0 radical (unpaired) electrons. The Balaban J connectivity index is 1.66. The minimum absolute atomic E-state index is 0.211. The summed E-state index contributed by atoms with van der Waals surface area (Å²) >= 11 is 0. The second-order valence-electron chi connectivity index (χ2n) is 6.02. The van der Waals surface area contributed by atoms with E-state index in [9.17, 15) is 13.5 Å². The summed E-state index contributed by atoms with van der Waals surface area (Å²) in [5, 5.41) is 17.7. The lowest BCUT2D eigenvalue weighted by Gasteiger charge is -2.24. The van der Waals surface area contributed by atoms with E-state index in [4.69, 9.17) is 0 Å². The summed E-state index contributed by atoms with van der Waals surface area (Å²) in [5.74, 6) is 3.28. The highest BCUT2D eigenvalue weighted by atomic mass is 32.2. The maximum atomic E-state index is 11.4. The van der Waals surface area contributed by atoms with Gasteiger partial charge in [0, 0.05) is 26.0 Å². The largest absolute Gasteiger partial charge is 0.396 e. The lowest BCUT2D eigenvalue weighted by Crippen LogP contribution is -2.27. The van der Waals surface area contributed by atoms with Crippen molar-refractivity contribution in [1.29, 1.82) is 0 Å². The van der Waals surface area contributed by atoms with Gasteiger partial charge in [-0.3, -0.25) is 0 Å². The molecular weight excluding hydrogens is 278 g/mol. The smallest absolute Gasteiger partial charge is 0.150 e. The number of aliphatic hydroxyl groups is 1. The van der Waals surface area contributed by atoms with Gasteiger partial charge in [0.05, 0.1) is 11.5 Å². The molecule has 7 heteroatoms. The molecule has 6 nitrogen and oxygen atoms in total. The second-order valence-corrected chi connectivity index (χ2v) is 8.33. The van der Waals surface area contributed by atoms with Gasteiger partial charge in [-0.2, -0.15) is 0 Å². The van der Waals surface area contributed by atoms with Crippen LogP contribution in [0.4, 0.5) is 0 Å². The third kappa shape index (κ3) is 2.88. The summed E-state index contributed by atoms with van der Waals surface area (Å²) < 4.78 is 25.0. The number of aromatic nitrogens is 3. The minimum Gasteiger partial charge on any atom is -0.396 e. The lowest BCUT2D eigenvalue weighted by molar-refractivity contribution is 0.198. The van der Waals surface area contributed by atoms with Crippen LogP contribution in [0.25, 0.3) is 0 Å². The van der Waals surface area contributed by atoms with E-state index >= 15 is 0 Å². The molecule has 1 unspecified atom stereocenters. The summed E-state index contributed by atoms with van der Waals surface area (Å²) in [5.41, 5.74) is 0. The maximum absolute atomic E-state index is 11.4. The Morgan fingerprint density at radius 3 is 2.60 bits per heavy atom. The highest BCUT2D eigenvalue weighted by Gasteiger charge is 2.27. The van der Waals surface area contributed by atoms with Crippen molar-refractivity contribution in [3.05, 3.63) is 11.6 Å². The Kier molecular flexibility index (Phi) is 3.81. The summed E-state index contributed by atoms with van der Waals surface area (Å²) in [6.45, 7) is 1.08. The summed E-state index contributed by atoms with van der Waals surface area (Å²) in [6, 6.07) is 0. The van der Waals surface area contributed by atoms with E-state index in [0.717, 1.165) is 50.3 Å². The normalized spacial score (nSPS) is 26.4. The number of sulfone groups is 1. The third-order valence-corrected chi connectivity index (χ3v) is 6.26. The van der Waals surface area contributed by atoms with Crippen LogP contribution < -0.4 is 0 Å². The topological polar surface area (TPSA) is 85.1 Å². The monoisotopic (exact) mass is 299 g/mol. The van der Waals surface area contributed by atoms with Gasteiger partial charge in [-0.25, -0.2) is 8.42 Å². The van der Waals surface area contributed by atoms with Gasteiger partial charge in [-0.05, 0) is 31.1 Å². The number of hydrogen-bond donors (Lipinski definition) is 1. The lowest BCUT2D eigenvalue weighted by atomic mass is 9.96. The molecule has 1 aromatic heterocycles. The van der Waals surface area contributed by atoms with Gasteiger partial charge < -0.3 is 9.67 Å². The van der Waals surface area contributed by atoms with E-state index in [0.29, 0.717) is 23.3 Å². The standard InChI is InChI=1S/C13H21N3O3S/c17-9-11-1-4-16-12(14-15-13(16)8-11)7-10-2-5-20(18,19)6-3-10/h10-11,17H,1-9H2. The van der Waals surface area contributed by atoms with Gasteiger partial charge >= 0.3 is 0 Å². The third-order valence-electron chi connectivity index (χ3n) is 4.54. The van der Waals surface area contributed by atoms with Crippen LogP contribution in [-0.2, 0) is 29.2 Å². The van der Waals surface area contributed by atoms with Gasteiger partial charge in [0.25, 0.3) is 0 Å². The van der Waals surface area contributed by atoms with Crippen molar-refractivity contribution in [2.45, 2.75) is 38.6 Å². The molecule has 1 aromatic rings. The number of aliphatic hydroxyl groups excluding tert-OH is 1. The van der Waals surface area contributed by atoms with E-state index < -0.39 is 9.84 Å². The van der Waals surface area contributed by atoms with Gasteiger partial charge in [0.1, 0.15) is 21.5 Å². The Hall–Kier alpha value is -0.950. The first kappa shape index (κ1) is 14.0. The summed E-state index contributed by atoms with van der Waals surface area (Å²) in [6.07, 6.45) is 4.07. The van der Waals surface area contributed by atoms with Crippen LogP contribution in [0.3, 0.4) is 0 Å². The predicted octanol–water partition coefficient (Wildman–Crippen LogP) is 0.200. The van der Waals surface area contributed by atoms with Crippen molar-refractivity contribution in [2.24, 2.45) is 11.8 Å². The summed E-state index contributed by atoms with van der Waals surface area (Å²) in [7, 11) is -2.79. The van der Waals surface area contributed by atoms with Crippen LogP contribution in [0.15, 0.2) is 0 Å². The molecular formula is C13H21N3O3S. The van der Waals surface area contributed by atoms with Gasteiger partial charge in [0.15, 0.2) is 0 Å².